The summed E-state index contributed by atoms with van der Waals surface area (Å²) in [6, 6.07) is 10.3. The van der Waals surface area contributed by atoms with Gasteiger partial charge in [-0.2, -0.15) is 10.4 Å². The van der Waals surface area contributed by atoms with Gasteiger partial charge in [0.05, 0.1) is 30.2 Å². The fourth-order valence-corrected chi connectivity index (χ4v) is 5.82. The van der Waals surface area contributed by atoms with Gasteiger partial charge in [0.2, 0.25) is 0 Å². The summed E-state index contributed by atoms with van der Waals surface area (Å²) < 4.78 is 42.0. The van der Waals surface area contributed by atoms with Crippen molar-refractivity contribution in [3.63, 3.8) is 0 Å². The number of rotatable bonds is 4. The molecule has 2 aliphatic rings. The maximum atomic E-state index is 14.4. The standard InChI is InChI=1S/C31H27F2N5O4/c1-31(2)12-22(39)4-5-37(31)30(40)28-25-16-42-27-11-26(41-3)23(18-6-17(13-34)14-35-15-18)10-24(27)29(25)38(36-28)21-8-19(32)7-20(33)9-21/h6-11,14-15,22,39H,4-5,12,16H2,1-3H3. The number of pyridine rings is 1. The highest BCUT2D eigenvalue weighted by molar-refractivity contribution is 5.97. The molecule has 42 heavy (non-hydrogen) atoms. The van der Waals surface area contributed by atoms with Gasteiger partial charge in [0.1, 0.15) is 35.8 Å². The molecule has 1 amide bonds. The minimum absolute atomic E-state index is 0.0218. The van der Waals surface area contributed by atoms with Gasteiger partial charge in [-0.1, -0.05) is 0 Å². The van der Waals surface area contributed by atoms with Crippen molar-refractivity contribution in [1.82, 2.24) is 19.7 Å². The largest absolute Gasteiger partial charge is 0.496 e. The lowest BCUT2D eigenvalue weighted by Gasteiger charge is -2.44. The zero-order chi connectivity index (χ0) is 29.8. The Morgan fingerprint density at radius 2 is 1.90 bits per heavy atom. The van der Waals surface area contributed by atoms with Crippen molar-refractivity contribution in [2.75, 3.05) is 13.7 Å². The van der Waals surface area contributed by atoms with Gasteiger partial charge >= 0.3 is 0 Å². The topological polar surface area (TPSA) is 114 Å². The molecule has 4 heterocycles. The predicted octanol–water partition coefficient (Wildman–Crippen LogP) is 5.03. The number of methoxy groups -OCH3 is 1. The number of amides is 1. The normalized spacial score (nSPS) is 17.1. The van der Waals surface area contributed by atoms with E-state index in [9.17, 15) is 23.9 Å². The number of carbonyl (C=O) groups is 1. The first-order valence-corrected chi connectivity index (χ1v) is 13.4. The van der Waals surface area contributed by atoms with Crippen LogP contribution in [0.4, 0.5) is 8.78 Å². The second-order valence-electron chi connectivity index (χ2n) is 11.0. The van der Waals surface area contributed by atoms with Crippen molar-refractivity contribution in [3.8, 4) is 45.6 Å². The van der Waals surface area contributed by atoms with E-state index in [4.69, 9.17) is 9.47 Å². The number of aromatic nitrogens is 3. The molecule has 6 rings (SSSR count). The van der Waals surface area contributed by atoms with E-state index in [1.54, 1.807) is 29.3 Å². The highest BCUT2D eigenvalue weighted by Gasteiger charge is 2.41. The molecule has 0 spiro atoms. The van der Waals surface area contributed by atoms with Crippen molar-refractivity contribution in [2.24, 2.45) is 0 Å². The zero-order valence-electron chi connectivity index (χ0n) is 23.2. The smallest absolute Gasteiger partial charge is 0.275 e. The predicted molar refractivity (Wildman–Crippen MR) is 148 cm³/mol. The monoisotopic (exact) mass is 571 g/mol. The first kappa shape index (κ1) is 27.4. The van der Waals surface area contributed by atoms with Crippen molar-refractivity contribution in [2.45, 2.75) is 44.9 Å². The van der Waals surface area contributed by atoms with Gasteiger partial charge in [-0.25, -0.2) is 13.5 Å². The molecule has 0 bridgehead atoms. The number of hydrogen-bond donors (Lipinski definition) is 1. The third-order valence-corrected chi connectivity index (χ3v) is 7.78. The van der Waals surface area contributed by atoms with Crippen molar-refractivity contribution in [1.29, 1.82) is 5.26 Å². The molecule has 1 saturated heterocycles. The van der Waals surface area contributed by atoms with E-state index >= 15 is 0 Å². The molecular formula is C31H27F2N5O4. The van der Waals surface area contributed by atoms with E-state index < -0.39 is 23.3 Å². The number of halogens is 2. The fraction of sp³-hybridized carbons (Fsp3) is 0.290. The molecule has 2 aromatic heterocycles. The summed E-state index contributed by atoms with van der Waals surface area (Å²) in [5, 5.41) is 24.3. The summed E-state index contributed by atoms with van der Waals surface area (Å²) in [4.78, 5) is 19.9. The van der Waals surface area contributed by atoms with E-state index in [1.165, 1.54) is 18.0 Å². The van der Waals surface area contributed by atoms with Crippen LogP contribution >= 0.6 is 0 Å². The Labute approximate surface area is 240 Å². The Morgan fingerprint density at radius 3 is 2.60 bits per heavy atom. The summed E-state index contributed by atoms with van der Waals surface area (Å²) in [5.74, 6) is -1.08. The maximum absolute atomic E-state index is 14.4. The molecule has 1 unspecified atom stereocenters. The average Bonchev–Trinajstić information content (AvgIpc) is 3.35. The number of benzene rings is 2. The molecule has 1 N–H and O–H groups in total. The van der Waals surface area contributed by atoms with Crippen LogP contribution in [0.2, 0.25) is 0 Å². The molecule has 9 nitrogen and oxygen atoms in total. The van der Waals surface area contributed by atoms with Crippen LogP contribution in [0.15, 0.2) is 48.8 Å². The summed E-state index contributed by atoms with van der Waals surface area (Å²) in [6.45, 7) is 4.06. The lowest BCUT2D eigenvalue weighted by atomic mass is 9.88. The minimum Gasteiger partial charge on any atom is -0.496 e. The highest BCUT2D eigenvalue weighted by Crippen LogP contribution is 2.46. The van der Waals surface area contributed by atoms with Crippen LogP contribution in [0, 0.1) is 23.0 Å². The lowest BCUT2D eigenvalue weighted by Crippen LogP contribution is -2.54. The quantitative estimate of drug-likeness (QED) is 0.366. The van der Waals surface area contributed by atoms with Gasteiger partial charge in [0.15, 0.2) is 5.69 Å². The van der Waals surface area contributed by atoms with Gasteiger partial charge in [-0.3, -0.25) is 9.78 Å². The van der Waals surface area contributed by atoms with E-state index in [-0.39, 0.29) is 23.9 Å². The number of likely N-dealkylation sites (tertiary alicyclic amines) is 1. The summed E-state index contributed by atoms with van der Waals surface area (Å²) in [6.07, 6.45) is 3.34. The molecule has 2 aromatic carbocycles. The van der Waals surface area contributed by atoms with Gasteiger partial charge < -0.3 is 19.5 Å². The Morgan fingerprint density at radius 1 is 1.14 bits per heavy atom. The van der Waals surface area contributed by atoms with Crippen molar-refractivity contribution in [3.05, 3.63) is 77.2 Å². The SMILES string of the molecule is COc1cc2c(cc1-c1cncc(C#N)c1)-c1c(c(C(=O)N3CCC(O)CC3(C)C)nn1-c1cc(F)cc(F)c1)CO2. The molecule has 0 aliphatic carbocycles. The second-order valence-corrected chi connectivity index (χ2v) is 11.0. The molecule has 1 fully saturated rings. The number of nitriles is 1. The summed E-state index contributed by atoms with van der Waals surface area (Å²) in [7, 11) is 1.51. The Balaban J connectivity index is 1.58. The van der Waals surface area contributed by atoms with Crippen LogP contribution in [0.5, 0.6) is 11.5 Å². The van der Waals surface area contributed by atoms with Gasteiger partial charge in [0.25, 0.3) is 5.91 Å². The van der Waals surface area contributed by atoms with Crippen molar-refractivity contribution < 1.29 is 28.2 Å². The van der Waals surface area contributed by atoms with Crippen LogP contribution in [-0.2, 0) is 6.61 Å². The molecule has 11 heteroatoms. The fourth-order valence-electron chi connectivity index (χ4n) is 5.82. The van der Waals surface area contributed by atoms with Crippen LogP contribution in [0.1, 0.15) is 48.3 Å². The lowest BCUT2D eigenvalue weighted by molar-refractivity contribution is 0.00275. The van der Waals surface area contributed by atoms with E-state index in [0.717, 1.165) is 18.2 Å². The first-order chi connectivity index (χ1) is 20.1. The Bertz CT molecular complexity index is 1760. The number of hydrogen-bond acceptors (Lipinski definition) is 7. The van der Waals surface area contributed by atoms with Gasteiger partial charge in [-0.05, 0) is 51.0 Å². The number of ether oxygens (including phenoxy) is 2. The van der Waals surface area contributed by atoms with Gasteiger partial charge in [-0.15, -0.1) is 0 Å². The molecule has 214 valence electrons. The van der Waals surface area contributed by atoms with Crippen LogP contribution in [0.25, 0.3) is 28.1 Å². The third kappa shape index (κ3) is 4.63. The summed E-state index contributed by atoms with van der Waals surface area (Å²) in [5.41, 5.74) is 2.49. The average molecular weight is 572 g/mol. The van der Waals surface area contributed by atoms with Gasteiger partial charge in [0, 0.05) is 58.9 Å². The van der Waals surface area contributed by atoms with Crippen LogP contribution in [-0.4, -0.2) is 56.0 Å². The molecule has 4 aromatic rings. The van der Waals surface area contributed by atoms with Crippen molar-refractivity contribution >= 4 is 5.91 Å². The number of aliphatic hydroxyl groups is 1. The van der Waals surface area contributed by atoms with E-state index in [1.807, 2.05) is 13.8 Å². The minimum atomic E-state index is -0.796. The third-order valence-electron chi connectivity index (χ3n) is 7.78. The Kier molecular flexibility index (Phi) is 6.66. The first-order valence-electron chi connectivity index (χ1n) is 13.4. The number of piperidine rings is 1. The Hall–Kier alpha value is -4.82. The van der Waals surface area contributed by atoms with E-state index in [0.29, 0.717) is 64.4 Å². The van der Waals surface area contributed by atoms with E-state index in [2.05, 4.69) is 16.2 Å². The maximum Gasteiger partial charge on any atom is 0.275 e. The number of carbonyl (C=O) groups excluding carboxylic acids is 1. The zero-order valence-corrected chi connectivity index (χ0v) is 23.2. The van der Waals surface area contributed by atoms with Crippen LogP contribution < -0.4 is 9.47 Å². The summed E-state index contributed by atoms with van der Waals surface area (Å²) >= 11 is 0. The van der Waals surface area contributed by atoms with Crippen LogP contribution in [0.3, 0.4) is 0 Å². The molecule has 0 saturated carbocycles. The number of fused-ring (bicyclic) bond motifs is 3. The number of nitrogens with zero attached hydrogens (tertiary/aromatic N) is 5. The molecule has 2 aliphatic heterocycles. The molecule has 1 atom stereocenters. The molecular weight excluding hydrogens is 544 g/mol. The molecule has 0 radical (unpaired) electrons. The second kappa shape index (κ2) is 10.2. The number of aliphatic hydroxyl groups excluding tert-OH is 1. The highest BCUT2D eigenvalue weighted by atomic mass is 19.1.